The molecule has 6 nitrogen and oxygen atoms in total. The molecule has 0 saturated heterocycles. The molecule has 0 bridgehead atoms. The summed E-state index contributed by atoms with van der Waals surface area (Å²) in [7, 11) is 0. The zero-order chi connectivity index (χ0) is 44.4. The largest absolute Gasteiger partial charge is 0.462 e. The molecule has 0 radical (unpaired) electrons. The Bertz CT molecular complexity index is 1160. The summed E-state index contributed by atoms with van der Waals surface area (Å²) in [5, 5.41) is 0. The Kier molecular flexibility index (Phi) is 46.9. The van der Waals surface area contributed by atoms with Crippen molar-refractivity contribution in [1.29, 1.82) is 0 Å². The number of esters is 3. The van der Waals surface area contributed by atoms with E-state index in [4.69, 9.17) is 14.2 Å². The molecule has 0 aliphatic carbocycles. The monoisotopic (exact) mass is 851 g/mol. The van der Waals surface area contributed by atoms with Crippen molar-refractivity contribution in [3.05, 3.63) is 72.9 Å². The van der Waals surface area contributed by atoms with E-state index in [1.807, 2.05) is 18.2 Å². The normalized spacial score (nSPS) is 12.6. The highest BCUT2D eigenvalue weighted by atomic mass is 16.6. The zero-order valence-corrected chi connectivity index (χ0v) is 39.9. The summed E-state index contributed by atoms with van der Waals surface area (Å²) in [6.45, 7) is 6.42. The molecule has 1 atom stereocenters. The van der Waals surface area contributed by atoms with Crippen molar-refractivity contribution in [1.82, 2.24) is 0 Å². The molecule has 0 spiro atoms. The summed E-state index contributed by atoms with van der Waals surface area (Å²) < 4.78 is 16.8. The molecule has 0 fully saturated rings. The highest BCUT2D eigenvalue weighted by Gasteiger charge is 2.19. The van der Waals surface area contributed by atoms with Crippen LogP contribution in [-0.4, -0.2) is 37.2 Å². The van der Waals surface area contributed by atoms with Crippen LogP contribution in [-0.2, 0) is 28.6 Å². The Hall–Kier alpha value is -3.15. The van der Waals surface area contributed by atoms with Gasteiger partial charge in [0.2, 0.25) is 0 Å². The lowest BCUT2D eigenvalue weighted by atomic mass is 10.1. The average molecular weight is 851 g/mol. The molecule has 61 heavy (non-hydrogen) atoms. The first-order chi connectivity index (χ1) is 30.0. The predicted octanol–water partition coefficient (Wildman–Crippen LogP) is 16.6. The maximum Gasteiger partial charge on any atom is 0.306 e. The van der Waals surface area contributed by atoms with Gasteiger partial charge in [-0.3, -0.25) is 14.4 Å². The van der Waals surface area contributed by atoms with E-state index < -0.39 is 6.10 Å². The smallest absolute Gasteiger partial charge is 0.306 e. The molecule has 0 heterocycles. The lowest BCUT2D eigenvalue weighted by Crippen LogP contribution is -2.30. The summed E-state index contributed by atoms with van der Waals surface area (Å²) in [5.74, 6) is -0.928. The van der Waals surface area contributed by atoms with E-state index in [-0.39, 0.29) is 31.1 Å². The van der Waals surface area contributed by atoms with Crippen LogP contribution >= 0.6 is 0 Å². The summed E-state index contributed by atoms with van der Waals surface area (Å²) in [5.41, 5.74) is 0. The van der Waals surface area contributed by atoms with Crippen molar-refractivity contribution in [2.45, 2.75) is 245 Å². The van der Waals surface area contributed by atoms with Crippen LogP contribution in [0, 0.1) is 0 Å². The highest BCUT2D eigenvalue weighted by molar-refractivity contribution is 5.71. The van der Waals surface area contributed by atoms with Gasteiger partial charge in [-0.25, -0.2) is 0 Å². The SMILES string of the molecule is CC\C=C/C=C\C=C/C=C\CCCCCCCC(=O)OC(COC(=O)CCCCCCC/C=C\CCCC)COC(=O)CCCCCCCCC/C=C\CCCCCCCC. The van der Waals surface area contributed by atoms with E-state index >= 15 is 0 Å². The Morgan fingerprint density at radius 1 is 0.344 bits per heavy atom. The minimum atomic E-state index is -0.791. The molecule has 350 valence electrons. The highest BCUT2D eigenvalue weighted by Crippen LogP contribution is 2.14. The van der Waals surface area contributed by atoms with Gasteiger partial charge in [0.1, 0.15) is 13.2 Å². The molecule has 6 heteroatoms. The van der Waals surface area contributed by atoms with Crippen LogP contribution in [0.25, 0.3) is 0 Å². The third-order valence-electron chi connectivity index (χ3n) is 10.8. The molecule has 0 saturated carbocycles. The molecule has 0 aromatic rings. The van der Waals surface area contributed by atoms with Gasteiger partial charge in [0.15, 0.2) is 6.10 Å². The Balaban J connectivity index is 4.41. The lowest BCUT2D eigenvalue weighted by Gasteiger charge is -2.18. The van der Waals surface area contributed by atoms with Crippen molar-refractivity contribution >= 4 is 17.9 Å². The molecule has 0 aromatic heterocycles. The van der Waals surface area contributed by atoms with Gasteiger partial charge in [0, 0.05) is 19.3 Å². The van der Waals surface area contributed by atoms with Crippen molar-refractivity contribution < 1.29 is 28.6 Å². The van der Waals surface area contributed by atoms with Gasteiger partial charge in [-0.2, -0.15) is 0 Å². The Morgan fingerprint density at radius 3 is 1.10 bits per heavy atom. The standard InChI is InChI=1S/C55H94O6/c1-4-7-10-13-16-19-22-24-26-27-29-30-33-36-39-42-45-48-54(57)60-51-52(50-59-53(56)47-44-41-38-35-32-21-18-15-12-9-6-3)61-55(58)49-46-43-40-37-34-31-28-25-23-20-17-14-11-8-5-2/h8,11,14-15,17-18,20,23-26,28,52H,4-7,9-10,12-13,16,19,21-22,27,29-51H2,1-3H3/b11-8-,17-14-,18-15-,23-20-,26-24-,28-25-. The van der Waals surface area contributed by atoms with Gasteiger partial charge in [-0.15, -0.1) is 0 Å². The number of hydrogen-bond donors (Lipinski definition) is 0. The van der Waals surface area contributed by atoms with Crippen LogP contribution < -0.4 is 0 Å². The van der Waals surface area contributed by atoms with Crippen molar-refractivity contribution in [2.75, 3.05) is 13.2 Å². The molecule has 0 aromatic carbocycles. The first-order valence-electron chi connectivity index (χ1n) is 25.5. The van der Waals surface area contributed by atoms with Crippen LogP contribution in [0.2, 0.25) is 0 Å². The van der Waals surface area contributed by atoms with E-state index in [1.54, 1.807) is 0 Å². The number of hydrogen-bond acceptors (Lipinski definition) is 6. The first-order valence-corrected chi connectivity index (χ1v) is 25.5. The summed E-state index contributed by atoms with van der Waals surface area (Å²) in [6.07, 6.45) is 61.7. The maximum atomic E-state index is 12.8. The molecule has 0 N–H and O–H groups in total. The van der Waals surface area contributed by atoms with E-state index in [0.717, 1.165) is 89.9 Å². The summed E-state index contributed by atoms with van der Waals surface area (Å²) >= 11 is 0. The van der Waals surface area contributed by atoms with Gasteiger partial charge in [-0.05, 0) is 83.5 Å². The van der Waals surface area contributed by atoms with Crippen LogP contribution in [0.4, 0.5) is 0 Å². The fraction of sp³-hybridized carbons (Fsp3) is 0.727. The van der Waals surface area contributed by atoms with Crippen LogP contribution in [0.3, 0.4) is 0 Å². The van der Waals surface area contributed by atoms with Gasteiger partial charge in [0.25, 0.3) is 0 Å². The van der Waals surface area contributed by atoms with Crippen LogP contribution in [0.15, 0.2) is 72.9 Å². The Labute approximate surface area is 376 Å². The van der Waals surface area contributed by atoms with Crippen molar-refractivity contribution in [3.8, 4) is 0 Å². The van der Waals surface area contributed by atoms with Crippen LogP contribution in [0.5, 0.6) is 0 Å². The number of allylic oxidation sites excluding steroid dienone is 12. The quantitative estimate of drug-likeness (QED) is 0.0200. The third kappa shape index (κ3) is 47.7. The molecular formula is C55H94O6. The number of rotatable bonds is 45. The molecule has 0 aliphatic rings. The molecule has 0 amide bonds. The lowest BCUT2D eigenvalue weighted by molar-refractivity contribution is -0.167. The number of unbranched alkanes of at least 4 members (excludes halogenated alkanes) is 25. The second-order valence-corrected chi connectivity index (χ2v) is 16.8. The van der Waals surface area contributed by atoms with Crippen molar-refractivity contribution in [2.24, 2.45) is 0 Å². The van der Waals surface area contributed by atoms with Gasteiger partial charge < -0.3 is 14.2 Å². The topological polar surface area (TPSA) is 78.9 Å². The van der Waals surface area contributed by atoms with E-state index in [0.29, 0.717) is 19.3 Å². The van der Waals surface area contributed by atoms with Crippen molar-refractivity contribution in [3.63, 3.8) is 0 Å². The molecule has 0 aliphatic heterocycles. The predicted molar refractivity (Wildman–Crippen MR) is 261 cm³/mol. The van der Waals surface area contributed by atoms with Gasteiger partial charge >= 0.3 is 17.9 Å². The molecular weight excluding hydrogens is 757 g/mol. The van der Waals surface area contributed by atoms with E-state index in [1.165, 1.54) is 109 Å². The zero-order valence-electron chi connectivity index (χ0n) is 39.9. The first kappa shape index (κ1) is 57.9. The summed E-state index contributed by atoms with van der Waals surface area (Å²) in [6, 6.07) is 0. The second kappa shape index (κ2) is 49.5. The van der Waals surface area contributed by atoms with Gasteiger partial charge in [0.05, 0.1) is 0 Å². The fourth-order valence-electron chi connectivity index (χ4n) is 6.90. The maximum absolute atomic E-state index is 12.8. The molecule has 0 rings (SSSR count). The number of carbonyl (C=O) groups is 3. The van der Waals surface area contributed by atoms with E-state index in [9.17, 15) is 14.4 Å². The minimum absolute atomic E-state index is 0.0902. The molecule has 1 unspecified atom stereocenters. The fourth-order valence-corrected chi connectivity index (χ4v) is 6.90. The van der Waals surface area contributed by atoms with Gasteiger partial charge in [-0.1, -0.05) is 209 Å². The van der Waals surface area contributed by atoms with E-state index in [2.05, 4.69) is 75.5 Å². The average Bonchev–Trinajstić information content (AvgIpc) is 3.26. The third-order valence-corrected chi connectivity index (χ3v) is 10.8. The number of carbonyl (C=O) groups excluding carboxylic acids is 3. The summed E-state index contributed by atoms with van der Waals surface area (Å²) in [4.78, 5) is 37.9. The second-order valence-electron chi connectivity index (χ2n) is 16.8. The Morgan fingerprint density at radius 2 is 0.672 bits per heavy atom. The van der Waals surface area contributed by atoms with Crippen LogP contribution in [0.1, 0.15) is 239 Å². The number of ether oxygens (including phenoxy) is 3. The minimum Gasteiger partial charge on any atom is -0.462 e.